The number of aromatic nitrogens is 3. The van der Waals surface area contributed by atoms with Gasteiger partial charge in [0, 0.05) is 25.9 Å². The van der Waals surface area contributed by atoms with Crippen molar-refractivity contribution in [1.82, 2.24) is 15.0 Å². The molecule has 2 aromatic heterocycles. The van der Waals surface area contributed by atoms with E-state index in [2.05, 4.69) is 39.9 Å². The summed E-state index contributed by atoms with van der Waals surface area (Å²) in [6.45, 7) is 5.82. The zero-order chi connectivity index (χ0) is 14.8. The zero-order valence-electron chi connectivity index (χ0n) is 13.0. The van der Waals surface area contributed by atoms with E-state index < -0.39 is 0 Å². The summed E-state index contributed by atoms with van der Waals surface area (Å²) in [5.41, 5.74) is 2.93. The van der Waals surface area contributed by atoms with Crippen molar-refractivity contribution < 1.29 is 4.74 Å². The Morgan fingerprint density at radius 3 is 2.90 bits per heavy atom. The Kier molecular flexibility index (Phi) is 4.01. The van der Waals surface area contributed by atoms with Crippen LogP contribution in [-0.2, 0) is 4.74 Å². The molecule has 5 nitrogen and oxygen atoms in total. The van der Waals surface area contributed by atoms with Crippen LogP contribution in [0.25, 0.3) is 11.0 Å². The third-order valence-corrected chi connectivity index (χ3v) is 4.02. The topological polar surface area (TPSA) is 51.1 Å². The van der Waals surface area contributed by atoms with Gasteiger partial charge in [0.1, 0.15) is 12.1 Å². The van der Waals surface area contributed by atoms with Crippen LogP contribution in [0.5, 0.6) is 0 Å². The van der Waals surface area contributed by atoms with E-state index in [-0.39, 0.29) is 0 Å². The number of fused-ring (bicyclic) bond motifs is 1. The second kappa shape index (κ2) is 5.93. The molecule has 0 saturated carbocycles. The van der Waals surface area contributed by atoms with Crippen LogP contribution in [0.15, 0.2) is 12.4 Å². The summed E-state index contributed by atoms with van der Waals surface area (Å²) in [6.07, 6.45) is 5.46. The Balaban J connectivity index is 1.92. The van der Waals surface area contributed by atoms with Gasteiger partial charge in [-0.1, -0.05) is 0 Å². The molecule has 21 heavy (non-hydrogen) atoms. The molecule has 1 fully saturated rings. The van der Waals surface area contributed by atoms with Crippen LogP contribution in [0, 0.1) is 13.8 Å². The molecule has 1 saturated heterocycles. The van der Waals surface area contributed by atoms with Crippen LogP contribution in [0.4, 0.5) is 5.82 Å². The largest absolute Gasteiger partial charge is 0.376 e. The molecule has 1 aliphatic rings. The number of likely N-dealkylation sites (N-methyl/N-ethyl adjacent to an activating group) is 1. The van der Waals surface area contributed by atoms with Crippen LogP contribution in [0.1, 0.15) is 30.5 Å². The molecular weight excluding hydrogens is 264 g/mol. The van der Waals surface area contributed by atoms with Crippen molar-refractivity contribution in [3.63, 3.8) is 0 Å². The van der Waals surface area contributed by atoms with Gasteiger partial charge in [-0.3, -0.25) is 0 Å². The van der Waals surface area contributed by atoms with Gasteiger partial charge in [0.2, 0.25) is 0 Å². The van der Waals surface area contributed by atoms with Gasteiger partial charge in [-0.2, -0.15) is 0 Å². The fraction of sp³-hybridized carbons (Fsp3) is 0.562. The first-order valence-corrected chi connectivity index (χ1v) is 7.57. The predicted octanol–water partition coefficient (Wildman–Crippen LogP) is 2.65. The molecule has 0 aliphatic carbocycles. The molecule has 0 radical (unpaired) electrons. The summed E-state index contributed by atoms with van der Waals surface area (Å²) in [5.74, 6) is 0.944. The summed E-state index contributed by atoms with van der Waals surface area (Å²) in [7, 11) is 2.07. The summed E-state index contributed by atoms with van der Waals surface area (Å²) in [4.78, 5) is 15.5. The summed E-state index contributed by atoms with van der Waals surface area (Å²) in [6, 6.07) is 2.08. The lowest BCUT2D eigenvalue weighted by Gasteiger charge is -2.28. The number of rotatable bonds is 3. The fourth-order valence-corrected chi connectivity index (χ4v) is 3.02. The Morgan fingerprint density at radius 2 is 2.14 bits per heavy atom. The molecule has 3 rings (SSSR count). The van der Waals surface area contributed by atoms with Gasteiger partial charge in [0.05, 0.1) is 11.5 Å². The van der Waals surface area contributed by atoms with E-state index in [0.717, 1.165) is 42.1 Å². The van der Waals surface area contributed by atoms with Gasteiger partial charge < -0.3 is 9.64 Å². The standard InChI is InChI=1S/C16H22N4O/c1-11-8-12(2)19-15-14(11)16(18-10-17-15)20(3)9-13-6-4-5-7-21-13/h8,10,13H,4-7,9H2,1-3H3/t13-/m0/s1. The summed E-state index contributed by atoms with van der Waals surface area (Å²) >= 11 is 0. The van der Waals surface area contributed by atoms with Gasteiger partial charge in [-0.05, 0) is 44.7 Å². The molecule has 0 unspecified atom stereocenters. The highest BCUT2D eigenvalue weighted by Crippen LogP contribution is 2.26. The van der Waals surface area contributed by atoms with Crippen LogP contribution in [-0.4, -0.2) is 41.3 Å². The fourth-order valence-electron chi connectivity index (χ4n) is 3.02. The van der Waals surface area contributed by atoms with Gasteiger partial charge in [0.15, 0.2) is 5.65 Å². The highest BCUT2D eigenvalue weighted by Gasteiger charge is 2.19. The predicted molar refractivity (Wildman–Crippen MR) is 83.7 cm³/mol. The highest BCUT2D eigenvalue weighted by atomic mass is 16.5. The van der Waals surface area contributed by atoms with E-state index in [1.807, 2.05) is 6.92 Å². The molecule has 112 valence electrons. The number of aryl methyl sites for hydroxylation is 2. The van der Waals surface area contributed by atoms with E-state index in [1.165, 1.54) is 18.4 Å². The number of pyridine rings is 1. The first-order valence-electron chi connectivity index (χ1n) is 7.57. The Morgan fingerprint density at radius 1 is 1.29 bits per heavy atom. The van der Waals surface area contributed by atoms with Crippen molar-refractivity contribution in [3.8, 4) is 0 Å². The number of hydrogen-bond acceptors (Lipinski definition) is 5. The Labute approximate surface area is 125 Å². The number of hydrogen-bond donors (Lipinski definition) is 0. The maximum absolute atomic E-state index is 5.83. The monoisotopic (exact) mass is 286 g/mol. The molecule has 0 N–H and O–H groups in total. The van der Waals surface area contributed by atoms with Gasteiger partial charge in [-0.15, -0.1) is 0 Å². The molecule has 0 aromatic carbocycles. The molecule has 3 heterocycles. The minimum Gasteiger partial charge on any atom is -0.376 e. The van der Waals surface area contributed by atoms with Crippen LogP contribution in [0.2, 0.25) is 0 Å². The molecule has 0 bridgehead atoms. The van der Waals surface area contributed by atoms with Crippen molar-refractivity contribution >= 4 is 16.9 Å². The molecule has 5 heteroatoms. The lowest BCUT2D eigenvalue weighted by Crippen LogP contribution is -2.34. The van der Waals surface area contributed by atoms with Crippen LogP contribution >= 0.6 is 0 Å². The zero-order valence-corrected chi connectivity index (χ0v) is 13.0. The SMILES string of the molecule is Cc1cc(C)c2c(N(C)C[C@@H]3CCCCO3)ncnc2n1. The first-order chi connectivity index (χ1) is 10.1. The van der Waals surface area contributed by atoms with Gasteiger partial charge in [0.25, 0.3) is 0 Å². The summed E-state index contributed by atoms with van der Waals surface area (Å²) in [5, 5.41) is 1.04. The summed E-state index contributed by atoms with van der Waals surface area (Å²) < 4.78 is 5.83. The van der Waals surface area contributed by atoms with Crippen molar-refractivity contribution in [2.24, 2.45) is 0 Å². The van der Waals surface area contributed by atoms with Crippen LogP contribution < -0.4 is 4.90 Å². The maximum Gasteiger partial charge on any atom is 0.165 e. The van der Waals surface area contributed by atoms with E-state index in [4.69, 9.17) is 4.74 Å². The lowest BCUT2D eigenvalue weighted by molar-refractivity contribution is 0.0215. The Hall–Kier alpha value is -1.75. The second-order valence-electron chi connectivity index (χ2n) is 5.85. The molecule has 2 aromatic rings. The quantitative estimate of drug-likeness (QED) is 0.868. The average molecular weight is 286 g/mol. The third-order valence-electron chi connectivity index (χ3n) is 4.02. The van der Waals surface area contributed by atoms with Gasteiger partial charge >= 0.3 is 0 Å². The van der Waals surface area contributed by atoms with E-state index >= 15 is 0 Å². The van der Waals surface area contributed by atoms with Crippen molar-refractivity contribution in [2.75, 3.05) is 25.1 Å². The molecule has 0 amide bonds. The Bertz CT molecular complexity index is 637. The van der Waals surface area contributed by atoms with Gasteiger partial charge in [-0.25, -0.2) is 15.0 Å². The first kappa shape index (κ1) is 14.2. The van der Waals surface area contributed by atoms with E-state index in [0.29, 0.717) is 6.10 Å². The molecule has 1 atom stereocenters. The molecule has 1 aliphatic heterocycles. The maximum atomic E-state index is 5.83. The number of anilines is 1. The number of ether oxygens (including phenoxy) is 1. The van der Waals surface area contributed by atoms with Crippen LogP contribution in [0.3, 0.4) is 0 Å². The molecule has 0 spiro atoms. The second-order valence-corrected chi connectivity index (χ2v) is 5.85. The average Bonchev–Trinajstić information content (AvgIpc) is 2.47. The van der Waals surface area contributed by atoms with Crippen molar-refractivity contribution in [1.29, 1.82) is 0 Å². The third kappa shape index (κ3) is 2.97. The minimum atomic E-state index is 0.299. The van der Waals surface area contributed by atoms with E-state index in [9.17, 15) is 0 Å². The van der Waals surface area contributed by atoms with Crippen molar-refractivity contribution in [2.45, 2.75) is 39.2 Å². The lowest BCUT2D eigenvalue weighted by atomic mass is 10.1. The smallest absolute Gasteiger partial charge is 0.165 e. The normalized spacial score (nSPS) is 18.9. The van der Waals surface area contributed by atoms with E-state index in [1.54, 1.807) is 6.33 Å². The number of nitrogens with zero attached hydrogens (tertiary/aromatic N) is 4. The van der Waals surface area contributed by atoms with Crippen molar-refractivity contribution in [3.05, 3.63) is 23.7 Å². The highest BCUT2D eigenvalue weighted by molar-refractivity contribution is 5.89. The minimum absolute atomic E-state index is 0.299. The molecular formula is C16H22N4O.